The molecule has 0 bridgehead atoms. The molecule has 0 amide bonds. The van der Waals surface area contributed by atoms with Crippen LogP contribution in [0.3, 0.4) is 0 Å². The average molecular weight is 227 g/mol. The van der Waals surface area contributed by atoms with E-state index in [1.165, 1.54) is 19.3 Å². The highest BCUT2D eigenvalue weighted by atomic mass is 16.3. The molecular formula is C14H29NO. The summed E-state index contributed by atoms with van der Waals surface area (Å²) in [5, 5.41) is 12.8. The molecule has 1 rings (SSSR count). The highest BCUT2D eigenvalue weighted by Gasteiger charge is 2.33. The second kappa shape index (κ2) is 5.50. The molecule has 1 aliphatic rings. The van der Waals surface area contributed by atoms with Gasteiger partial charge >= 0.3 is 0 Å². The fraction of sp³-hybridized carbons (Fsp3) is 1.00. The fourth-order valence-electron chi connectivity index (χ4n) is 2.85. The van der Waals surface area contributed by atoms with Crippen LogP contribution in [0, 0.1) is 17.3 Å². The van der Waals surface area contributed by atoms with E-state index in [0.29, 0.717) is 23.4 Å². The predicted molar refractivity (Wildman–Crippen MR) is 69.4 cm³/mol. The quantitative estimate of drug-likeness (QED) is 0.774. The summed E-state index contributed by atoms with van der Waals surface area (Å²) >= 11 is 0. The first-order chi connectivity index (χ1) is 7.35. The van der Waals surface area contributed by atoms with Crippen molar-refractivity contribution < 1.29 is 5.11 Å². The molecule has 4 atom stereocenters. The van der Waals surface area contributed by atoms with Gasteiger partial charge in [-0.15, -0.1) is 0 Å². The maximum absolute atomic E-state index is 9.14. The summed E-state index contributed by atoms with van der Waals surface area (Å²) in [6.07, 6.45) is 3.90. The third-order valence-corrected chi connectivity index (χ3v) is 4.31. The van der Waals surface area contributed by atoms with Crippen LogP contribution in [-0.2, 0) is 0 Å². The van der Waals surface area contributed by atoms with Gasteiger partial charge in [0.05, 0.1) is 0 Å². The van der Waals surface area contributed by atoms with Crippen LogP contribution in [0.1, 0.15) is 53.9 Å². The Morgan fingerprint density at radius 2 is 2.00 bits per heavy atom. The lowest BCUT2D eigenvalue weighted by Gasteiger charge is -2.41. The monoisotopic (exact) mass is 227 g/mol. The fourth-order valence-corrected chi connectivity index (χ4v) is 2.85. The summed E-state index contributed by atoms with van der Waals surface area (Å²) in [5.74, 6) is 1.10. The van der Waals surface area contributed by atoms with E-state index in [2.05, 4.69) is 39.9 Å². The van der Waals surface area contributed by atoms with E-state index in [-0.39, 0.29) is 6.61 Å². The molecule has 0 aliphatic heterocycles. The van der Waals surface area contributed by atoms with E-state index >= 15 is 0 Å². The number of rotatable bonds is 4. The number of aliphatic hydroxyl groups is 1. The van der Waals surface area contributed by atoms with E-state index in [0.717, 1.165) is 5.92 Å². The molecule has 96 valence electrons. The Kier molecular flexibility index (Phi) is 4.81. The lowest BCUT2D eigenvalue weighted by molar-refractivity contribution is 0.126. The molecule has 0 aromatic carbocycles. The number of hydrogen-bond acceptors (Lipinski definition) is 2. The van der Waals surface area contributed by atoms with E-state index in [4.69, 9.17) is 5.11 Å². The minimum absolute atomic E-state index is 0.279. The van der Waals surface area contributed by atoms with Crippen LogP contribution in [0.2, 0.25) is 0 Å². The maximum atomic E-state index is 9.14. The number of hydrogen-bond donors (Lipinski definition) is 2. The van der Waals surface area contributed by atoms with Gasteiger partial charge in [0.15, 0.2) is 0 Å². The Balaban J connectivity index is 2.44. The lowest BCUT2D eigenvalue weighted by atomic mass is 9.70. The van der Waals surface area contributed by atoms with E-state index in [1.807, 2.05) is 0 Å². The summed E-state index contributed by atoms with van der Waals surface area (Å²) < 4.78 is 0. The summed E-state index contributed by atoms with van der Waals surface area (Å²) in [7, 11) is 0. The van der Waals surface area contributed by atoms with Crippen molar-refractivity contribution in [1.29, 1.82) is 0 Å². The Hall–Kier alpha value is -0.0800. The molecule has 0 saturated heterocycles. The van der Waals surface area contributed by atoms with Crippen LogP contribution in [0.25, 0.3) is 0 Å². The number of aliphatic hydroxyl groups excluding tert-OH is 1. The number of nitrogens with one attached hydrogen (secondary N) is 1. The van der Waals surface area contributed by atoms with Crippen LogP contribution < -0.4 is 5.32 Å². The molecule has 1 fully saturated rings. The molecule has 16 heavy (non-hydrogen) atoms. The molecule has 0 heterocycles. The molecule has 0 aromatic rings. The standard InChI is InChI=1S/C14H29NO/c1-10-8-14(4,5)7-6-13(10)15-12(3)11(2)9-16/h10-13,15-16H,6-9H2,1-5H3. The van der Waals surface area contributed by atoms with Gasteiger partial charge in [-0.25, -0.2) is 0 Å². The topological polar surface area (TPSA) is 32.3 Å². The summed E-state index contributed by atoms with van der Waals surface area (Å²) in [6.45, 7) is 11.7. The molecule has 2 heteroatoms. The third kappa shape index (κ3) is 3.74. The van der Waals surface area contributed by atoms with E-state index in [9.17, 15) is 0 Å². The van der Waals surface area contributed by atoms with Crippen LogP contribution in [0.5, 0.6) is 0 Å². The van der Waals surface area contributed by atoms with Crippen molar-refractivity contribution in [3.63, 3.8) is 0 Å². The molecule has 1 aliphatic carbocycles. The van der Waals surface area contributed by atoms with Gasteiger partial charge in [-0.05, 0) is 43.4 Å². The molecule has 2 N–H and O–H groups in total. The smallest absolute Gasteiger partial charge is 0.0471 e. The zero-order valence-electron chi connectivity index (χ0n) is 11.6. The second-order valence-corrected chi connectivity index (χ2v) is 6.61. The van der Waals surface area contributed by atoms with Crippen molar-refractivity contribution in [2.24, 2.45) is 17.3 Å². The van der Waals surface area contributed by atoms with Gasteiger partial charge in [0.25, 0.3) is 0 Å². The van der Waals surface area contributed by atoms with Gasteiger partial charge in [-0.3, -0.25) is 0 Å². The molecule has 4 unspecified atom stereocenters. The maximum Gasteiger partial charge on any atom is 0.0471 e. The average Bonchev–Trinajstić information content (AvgIpc) is 2.20. The highest BCUT2D eigenvalue weighted by molar-refractivity contribution is 4.88. The van der Waals surface area contributed by atoms with Gasteiger partial charge in [0.1, 0.15) is 0 Å². The van der Waals surface area contributed by atoms with Crippen LogP contribution >= 0.6 is 0 Å². The van der Waals surface area contributed by atoms with Gasteiger partial charge in [0.2, 0.25) is 0 Å². The normalized spacial score (nSPS) is 33.4. The molecule has 0 radical (unpaired) electrons. The summed E-state index contributed by atoms with van der Waals surface area (Å²) in [4.78, 5) is 0. The molecular weight excluding hydrogens is 198 g/mol. The SMILES string of the molecule is CC(CO)C(C)NC1CCC(C)(C)CC1C. The zero-order chi connectivity index (χ0) is 12.3. The molecule has 0 aromatic heterocycles. The van der Waals surface area contributed by atoms with Crippen molar-refractivity contribution in [2.45, 2.75) is 66.0 Å². The summed E-state index contributed by atoms with van der Waals surface area (Å²) in [6, 6.07) is 1.05. The Morgan fingerprint density at radius 1 is 1.38 bits per heavy atom. The van der Waals surface area contributed by atoms with Crippen LogP contribution in [0.15, 0.2) is 0 Å². The van der Waals surface area contributed by atoms with Gasteiger partial charge < -0.3 is 10.4 Å². The van der Waals surface area contributed by atoms with Crippen LogP contribution in [0.4, 0.5) is 0 Å². The van der Waals surface area contributed by atoms with Crippen molar-refractivity contribution in [3.05, 3.63) is 0 Å². The highest BCUT2D eigenvalue weighted by Crippen LogP contribution is 2.38. The molecule has 1 saturated carbocycles. The van der Waals surface area contributed by atoms with Gasteiger partial charge in [-0.2, -0.15) is 0 Å². The minimum Gasteiger partial charge on any atom is -0.396 e. The lowest BCUT2D eigenvalue weighted by Crippen LogP contribution is -2.47. The Labute approximate surface area is 101 Å². The van der Waals surface area contributed by atoms with Crippen LogP contribution in [-0.4, -0.2) is 23.8 Å². The third-order valence-electron chi connectivity index (χ3n) is 4.31. The summed E-state index contributed by atoms with van der Waals surface area (Å²) in [5.41, 5.74) is 0.517. The Bertz CT molecular complexity index is 215. The van der Waals surface area contributed by atoms with Gasteiger partial charge in [-0.1, -0.05) is 27.7 Å². The first-order valence-corrected chi connectivity index (χ1v) is 6.72. The largest absolute Gasteiger partial charge is 0.396 e. The predicted octanol–water partition coefficient (Wildman–Crippen LogP) is 2.81. The van der Waals surface area contributed by atoms with Crippen molar-refractivity contribution in [3.8, 4) is 0 Å². The molecule has 2 nitrogen and oxygen atoms in total. The van der Waals surface area contributed by atoms with Crippen molar-refractivity contribution in [1.82, 2.24) is 5.32 Å². The zero-order valence-corrected chi connectivity index (χ0v) is 11.6. The first-order valence-electron chi connectivity index (χ1n) is 6.72. The van der Waals surface area contributed by atoms with E-state index in [1.54, 1.807) is 0 Å². The molecule has 0 spiro atoms. The Morgan fingerprint density at radius 3 is 2.50 bits per heavy atom. The van der Waals surface area contributed by atoms with Crippen molar-refractivity contribution >= 4 is 0 Å². The van der Waals surface area contributed by atoms with Crippen molar-refractivity contribution in [2.75, 3.05) is 6.61 Å². The second-order valence-electron chi connectivity index (χ2n) is 6.61. The first kappa shape index (κ1) is 14.0. The van der Waals surface area contributed by atoms with E-state index < -0.39 is 0 Å². The van der Waals surface area contributed by atoms with Gasteiger partial charge in [0, 0.05) is 18.7 Å². The minimum atomic E-state index is 0.279.